The van der Waals surface area contributed by atoms with Crippen LogP contribution in [0.1, 0.15) is 0 Å². The lowest BCUT2D eigenvalue weighted by Crippen LogP contribution is -2.00. The standard InChI is InChI=1S/C21H15N3O9/c25-10-1-7(2-11(26)16(10)31)19-22-20(8-3-12(27)17(32)13(28)4-8)24-21(23-19)9-5-14(29)18(33)15(30)6-9/h1-6,25-33H. The number of rotatable bonds is 3. The molecule has 0 saturated carbocycles. The van der Waals surface area contributed by atoms with Gasteiger partial charge in [-0.2, -0.15) is 0 Å². The smallest absolute Gasteiger partial charge is 0.200 e. The Bertz CT molecular complexity index is 1170. The highest BCUT2D eigenvalue weighted by Crippen LogP contribution is 2.42. The van der Waals surface area contributed by atoms with Gasteiger partial charge in [0.2, 0.25) is 0 Å². The maximum Gasteiger partial charge on any atom is 0.200 e. The van der Waals surface area contributed by atoms with Crippen molar-refractivity contribution < 1.29 is 46.0 Å². The summed E-state index contributed by atoms with van der Waals surface area (Å²) >= 11 is 0. The quantitative estimate of drug-likeness (QED) is 0.204. The van der Waals surface area contributed by atoms with Crippen molar-refractivity contribution >= 4 is 0 Å². The maximum atomic E-state index is 9.85. The van der Waals surface area contributed by atoms with Crippen molar-refractivity contribution in [1.29, 1.82) is 0 Å². The second kappa shape index (κ2) is 7.53. The molecular formula is C21H15N3O9. The monoisotopic (exact) mass is 453 g/mol. The van der Waals surface area contributed by atoms with Gasteiger partial charge in [-0.1, -0.05) is 0 Å². The second-order valence-electron chi connectivity index (χ2n) is 6.90. The zero-order chi connectivity index (χ0) is 24.0. The lowest BCUT2D eigenvalue weighted by molar-refractivity contribution is 0.368. The number of hydrogen-bond donors (Lipinski definition) is 9. The third-order valence-corrected chi connectivity index (χ3v) is 4.62. The van der Waals surface area contributed by atoms with E-state index >= 15 is 0 Å². The van der Waals surface area contributed by atoms with E-state index in [1.807, 2.05) is 0 Å². The molecule has 4 aromatic rings. The van der Waals surface area contributed by atoms with Crippen LogP contribution < -0.4 is 0 Å². The van der Waals surface area contributed by atoms with Gasteiger partial charge in [-0.05, 0) is 36.4 Å². The predicted octanol–water partition coefficient (Wildman–Crippen LogP) is 2.22. The van der Waals surface area contributed by atoms with Crippen LogP contribution in [0.5, 0.6) is 51.7 Å². The van der Waals surface area contributed by atoms with Gasteiger partial charge >= 0.3 is 0 Å². The molecule has 0 unspecified atom stereocenters. The van der Waals surface area contributed by atoms with Crippen molar-refractivity contribution in [2.45, 2.75) is 0 Å². The van der Waals surface area contributed by atoms with Crippen molar-refractivity contribution in [3.05, 3.63) is 36.4 Å². The molecule has 1 aromatic heterocycles. The van der Waals surface area contributed by atoms with Gasteiger partial charge in [0.25, 0.3) is 0 Å². The average molecular weight is 453 g/mol. The van der Waals surface area contributed by atoms with E-state index in [9.17, 15) is 46.0 Å². The minimum Gasteiger partial charge on any atom is -0.504 e. The molecule has 33 heavy (non-hydrogen) atoms. The number of benzene rings is 3. The van der Waals surface area contributed by atoms with Crippen LogP contribution in [0.3, 0.4) is 0 Å². The Kier molecular flexibility index (Phi) is 4.82. The Balaban J connectivity index is 2.00. The summed E-state index contributed by atoms with van der Waals surface area (Å²) in [6.45, 7) is 0. The molecule has 0 aliphatic carbocycles. The first kappa shape index (κ1) is 21.1. The number of phenolic OH excluding ortho intramolecular Hbond substituents is 9. The van der Waals surface area contributed by atoms with Crippen molar-refractivity contribution in [3.63, 3.8) is 0 Å². The minimum absolute atomic E-state index is 0.0205. The molecule has 0 radical (unpaired) electrons. The first-order chi connectivity index (χ1) is 15.5. The molecule has 0 spiro atoms. The number of hydrogen-bond acceptors (Lipinski definition) is 12. The second-order valence-corrected chi connectivity index (χ2v) is 6.90. The van der Waals surface area contributed by atoms with Crippen LogP contribution in [0.4, 0.5) is 0 Å². The van der Waals surface area contributed by atoms with Crippen molar-refractivity contribution in [2.24, 2.45) is 0 Å². The molecule has 0 bridgehead atoms. The summed E-state index contributed by atoms with van der Waals surface area (Å²) in [5.41, 5.74) is 0.0615. The zero-order valence-electron chi connectivity index (χ0n) is 16.3. The van der Waals surface area contributed by atoms with E-state index in [1.165, 1.54) is 0 Å². The van der Waals surface area contributed by atoms with Crippen LogP contribution in [-0.2, 0) is 0 Å². The largest absolute Gasteiger partial charge is 0.504 e. The third-order valence-electron chi connectivity index (χ3n) is 4.62. The highest BCUT2D eigenvalue weighted by Gasteiger charge is 2.19. The Morgan fingerprint density at radius 1 is 0.333 bits per heavy atom. The molecule has 12 nitrogen and oxygen atoms in total. The summed E-state index contributed by atoms with van der Waals surface area (Å²) in [6.07, 6.45) is 0. The highest BCUT2D eigenvalue weighted by molar-refractivity contribution is 5.73. The molecule has 168 valence electrons. The Labute approximate surface area is 183 Å². The van der Waals surface area contributed by atoms with E-state index < -0.39 is 51.7 Å². The summed E-state index contributed by atoms with van der Waals surface area (Å²) in [5, 5.41) is 87.9. The lowest BCUT2D eigenvalue weighted by Gasteiger charge is -2.11. The van der Waals surface area contributed by atoms with Crippen LogP contribution in [0, 0.1) is 0 Å². The number of aromatic hydroxyl groups is 9. The van der Waals surface area contributed by atoms with E-state index in [-0.39, 0.29) is 34.2 Å². The highest BCUT2D eigenvalue weighted by atomic mass is 16.3. The molecule has 1 heterocycles. The van der Waals surface area contributed by atoms with Crippen LogP contribution in [-0.4, -0.2) is 60.9 Å². The van der Waals surface area contributed by atoms with E-state index in [1.54, 1.807) is 0 Å². The van der Waals surface area contributed by atoms with E-state index in [0.29, 0.717) is 0 Å². The molecule has 0 saturated heterocycles. The molecule has 0 fully saturated rings. The fraction of sp³-hybridized carbons (Fsp3) is 0. The summed E-state index contributed by atoms with van der Waals surface area (Å²) < 4.78 is 0. The third kappa shape index (κ3) is 3.72. The lowest BCUT2D eigenvalue weighted by atomic mass is 10.1. The van der Waals surface area contributed by atoms with Crippen LogP contribution in [0.2, 0.25) is 0 Å². The summed E-state index contributed by atoms with van der Waals surface area (Å²) in [6, 6.07) is 6.31. The summed E-state index contributed by atoms with van der Waals surface area (Å²) in [7, 11) is 0. The van der Waals surface area contributed by atoms with E-state index in [0.717, 1.165) is 36.4 Å². The normalized spacial score (nSPS) is 10.9. The van der Waals surface area contributed by atoms with E-state index in [2.05, 4.69) is 15.0 Å². The molecule has 3 aromatic carbocycles. The van der Waals surface area contributed by atoms with Gasteiger partial charge in [0.05, 0.1) is 0 Å². The van der Waals surface area contributed by atoms with Gasteiger partial charge in [0, 0.05) is 16.7 Å². The van der Waals surface area contributed by atoms with Crippen molar-refractivity contribution in [2.75, 3.05) is 0 Å². The van der Waals surface area contributed by atoms with Gasteiger partial charge in [-0.15, -0.1) is 0 Å². The molecule has 9 N–H and O–H groups in total. The first-order valence-electron chi connectivity index (χ1n) is 9.07. The number of phenols is 9. The van der Waals surface area contributed by atoms with Crippen LogP contribution >= 0.6 is 0 Å². The van der Waals surface area contributed by atoms with Gasteiger partial charge in [-0.25, -0.2) is 15.0 Å². The Morgan fingerprint density at radius 2 is 0.515 bits per heavy atom. The molecule has 0 amide bonds. The van der Waals surface area contributed by atoms with Gasteiger partial charge in [0.1, 0.15) is 0 Å². The molecular weight excluding hydrogens is 438 g/mol. The molecule has 0 aliphatic rings. The predicted molar refractivity (Wildman–Crippen MR) is 111 cm³/mol. The topological polar surface area (TPSA) is 221 Å². The minimum atomic E-state index is -0.769. The summed E-state index contributed by atoms with van der Waals surface area (Å²) in [4.78, 5) is 12.5. The number of nitrogens with zero attached hydrogens (tertiary/aromatic N) is 3. The molecule has 4 rings (SSSR count). The van der Waals surface area contributed by atoms with Crippen LogP contribution in [0.25, 0.3) is 34.2 Å². The van der Waals surface area contributed by atoms with E-state index in [4.69, 9.17) is 0 Å². The average Bonchev–Trinajstić information content (AvgIpc) is 2.78. The maximum absolute atomic E-state index is 9.85. The fourth-order valence-electron chi connectivity index (χ4n) is 2.96. The Morgan fingerprint density at radius 3 is 0.697 bits per heavy atom. The van der Waals surface area contributed by atoms with Gasteiger partial charge in [-0.3, -0.25) is 0 Å². The van der Waals surface area contributed by atoms with Gasteiger partial charge < -0.3 is 46.0 Å². The Hall–Kier alpha value is -5.13. The fourth-order valence-corrected chi connectivity index (χ4v) is 2.96. The summed E-state index contributed by atoms with van der Waals surface area (Å²) in [5.74, 6) is -6.84. The molecule has 0 atom stereocenters. The number of aromatic nitrogens is 3. The first-order valence-corrected chi connectivity index (χ1v) is 9.07. The van der Waals surface area contributed by atoms with Crippen molar-refractivity contribution in [1.82, 2.24) is 15.0 Å². The van der Waals surface area contributed by atoms with Crippen LogP contribution in [0.15, 0.2) is 36.4 Å². The molecule has 12 heteroatoms. The molecule has 0 aliphatic heterocycles. The zero-order valence-corrected chi connectivity index (χ0v) is 16.3. The van der Waals surface area contributed by atoms with Gasteiger partial charge in [0.15, 0.2) is 69.2 Å². The van der Waals surface area contributed by atoms with Crippen molar-refractivity contribution in [3.8, 4) is 85.9 Å². The SMILES string of the molecule is Oc1cc(-c2nc(-c3cc(O)c(O)c(O)c3)nc(-c3cc(O)c(O)c(O)c3)n2)cc(O)c1O.